The maximum Gasteiger partial charge on any atom is 0.221 e. The summed E-state index contributed by atoms with van der Waals surface area (Å²) >= 11 is 0. The summed E-state index contributed by atoms with van der Waals surface area (Å²) < 4.78 is 4.88. The zero-order chi connectivity index (χ0) is 11.7. The monoisotopic (exact) mass is 212 g/mol. The highest BCUT2D eigenvalue weighted by Crippen LogP contribution is 1.94. The average Bonchev–Trinajstić information content (AvgIpc) is 2.17. The van der Waals surface area contributed by atoms with Crippen LogP contribution in [0.1, 0.15) is 6.42 Å². The first kappa shape index (κ1) is 13.2. The van der Waals surface area contributed by atoms with Gasteiger partial charge in [0.1, 0.15) is 0 Å². The lowest BCUT2D eigenvalue weighted by Gasteiger charge is -2.20. The van der Waals surface area contributed by atoms with E-state index in [-0.39, 0.29) is 11.9 Å². The molecule has 0 unspecified atom stereocenters. The molecule has 0 spiro atoms. The summed E-state index contributed by atoms with van der Waals surface area (Å²) in [5.41, 5.74) is 10.3. The van der Waals surface area contributed by atoms with Gasteiger partial charge in [0.05, 0.1) is 19.1 Å². The third-order valence-electron chi connectivity index (χ3n) is 1.59. The number of hydrogen-bond acceptors (Lipinski definition) is 3. The van der Waals surface area contributed by atoms with Crippen LogP contribution in [0.3, 0.4) is 0 Å². The molecule has 5 N–H and O–H groups in total. The van der Waals surface area contributed by atoms with Gasteiger partial charge in [0.25, 0.3) is 0 Å². The largest absolute Gasteiger partial charge is 0.383 e. The van der Waals surface area contributed by atoms with Crippen molar-refractivity contribution in [2.45, 2.75) is 6.42 Å². The standard InChI is InChI=1S/C8H16N6O/c1-15-6-5-14(4-2-3-9)8(12)13-7(10)11/h2,4-6H2,1H3,(H5,10,11,12,13). The van der Waals surface area contributed by atoms with E-state index in [1.807, 2.05) is 6.07 Å². The number of aliphatic imine (C=N–C) groups is 1. The van der Waals surface area contributed by atoms with Crippen molar-refractivity contribution in [1.82, 2.24) is 4.90 Å². The fourth-order valence-electron chi connectivity index (χ4n) is 0.903. The van der Waals surface area contributed by atoms with Gasteiger partial charge in [-0.3, -0.25) is 5.41 Å². The maximum atomic E-state index is 8.44. The highest BCUT2D eigenvalue weighted by molar-refractivity contribution is 5.91. The summed E-state index contributed by atoms with van der Waals surface area (Å²) in [6.45, 7) is 1.34. The molecule has 0 amide bonds. The molecule has 0 fully saturated rings. The second-order valence-corrected chi connectivity index (χ2v) is 2.75. The molecule has 0 aliphatic heterocycles. The average molecular weight is 212 g/mol. The van der Waals surface area contributed by atoms with Crippen molar-refractivity contribution < 1.29 is 4.74 Å². The van der Waals surface area contributed by atoms with Crippen LogP contribution >= 0.6 is 0 Å². The molecule has 0 aliphatic carbocycles. The van der Waals surface area contributed by atoms with Crippen LogP contribution in [0, 0.1) is 16.7 Å². The van der Waals surface area contributed by atoms with E-state index in [4.69, 9.17) is 26.9 Å². The van der Waals surface area contributed by atoms with Crippen molar-refractivity contribution in [3.63, 3.8) is 0 Å². The lowest BCUT2D eigenvalue weighted by atomic mass is 10.4. The Morgan fingerprint density at radius 2 is 2.20 bits per heavy atom. The molecule has 0 heterocycles. The lowest BCUT2D eigenvalue weighted by molar-refractivity contribution is 0.176. The molecule has 0 rings (SSSR count). The molecule has 0 atom stereocenters. The number of methoxy groups -OCH3 is 1. The number of ether oxygens (including phenoxy) is 1. The summed E-state index contributed by atoms with van der Waals surface area (Å²) in [6, 6.07) is 1.99. The van der Waals surface area contributed by atoms with Gasteiger partial charge in [0.2, 0.25) is 5.96 Å². The van der Waals surface area contributed by atoms with Gasteiger partial charge in [-0.15, -0.1) is 0 Å². The minimum atomic E-state index is -0.167. The number of nitrogens with zero attached hydrogens (tertiary/aromatic N) is 3. The molecule has 7 heteroatoms. The Morgan fingerprint density at radius 3 is 2.67 bits per heavy atom. The van der Waals surface area contributed by atoms with Gasteiger partial charge in [0, 0.05) is 20.2 Å². The van der Waals surface area contributed by atoms with E-state index in [1.165, 1.54) is 0 Å². The molecule has 7 nitrogen and oxygen atoms in total. The Hall–Kier alpha value is -1.81. The van der Waals surface area contributed by atoms with E-state index in [9.17, 15) is 0 Å². The zero-order valence-corrected chi connectivity index (χ0v) is 8.73. The van der Waals surface area contributed by atoms with Crippen molar-refractivity contribution in [1.29, 1.82) is 10.7 Å². The summed E-state index contributed by atoms with van der Waals surface area (Å²) in [6.07, 6.45) is 0.312. The Labute approximate surface area is 88.8 Å². The van der Waals surface area contributed by atoms with Gasteiger partial charge < -0.3 is 21.1 Å². The Bertz CT molecular complexity index is 265. The Morgan fingerprint density at radius 1 is 1.53 bits per heavy atom. The second kappa shape index (κ2) is 7.58. The van der Waals surface area contributed by atoms with Crippen molar-refractivity contribution in [2.24, 2.45) is 16.5 Å². The molecule has 0 saturated carbocycles. The van der Waals surface area contributed by atoms with Gasteiger partial charge >= 0.3 is 0 Å². The molecule has 0 aromatic rings. The van der Waals surface area contributed by atoms with Crippen LogP contribution in [0.4, 0.5) is 0 Å². The van der Waals surface area contributed by atoms with Crippen molar-refractivity contribution in [2.75, 3.05) is 26.8 Å². The first-order chi connectivity index (χ1) is 7.11. The molecular formula is C8H16N6O. The van der Waals surface area contributed by atoms with E-state index in [1.54, 1.807) is 12.0 Å². The number of rotatable bonds is 5. The van der Waals surface area contributed by atoms with Crippen molar-refractivity contribution >= 4 is 11.9 Å². The SMILES string of the molecule is COCCN(CCC#N)C(=N)N=C(N)N. The number of guanidine groups is 2. The molecule has 0 aromatic carbocycles. The third-order valence-corrected chi connectivity index (χ3v) is 1.59. The zero-order valence-electron chi connectivity index (χ0n) is 8.73. The highest BCUT2D eigenvalue weighted by Gasteiger charge is 2.08. The minimum absolute atomic E-state index is 0.0534. The topological polar surface area (TPSA) is 125 Å². The fraction of sp³-hybridized carbons (Fsp3) is 0.625. The molecule has 0 radical (unpaired) electrons. The normalized spacial score (nSPS) is 9.07. The van der Waals surface area contributed by atoms with E-state index in [0.717, 1.165) is 0 Å². The summed E-state index contributed by atoms with van der Waals surface area (Å²) in [5.74, 6) is -0.221. The van der Waals surface area contributed by atoms with Crippen molar-refractivity contribution in [3.8, 4) is 6.07 Å². The van der Waals surface area contributed by atoms with Crippen LogP contribution < -0.4 is 11.5 Å². The van der Waals surface area contributed by atoms with Crippen LogP contribution in [0.15, 0.2) is 4.99 Å². The predicted molar refractivity (Wildman–Crippen MR) is 57.2 cm³/mol. The quantitative estimate of drug-likeness (QED) is 0.400. The number of nitrogens with two attached hydrogens (primary N) is 2. The fourth-order valence-corrected chi connectivity index (χ4v) is 0.903. The minimum Gasteiger partial charge on any atom is -0.383 e. The molecule has 0 aromatic heterocycles. The lowest BCUT2D eigenvalue weighted by Crippen LogP contribution is -2.35. The third kappa shape index (κ3) is 6.29. The summed E-state index contributed by atoms with van der Waals surface area (Å²) in [4.78, 5) is 5.18. The molecule has 0 aliphatic rings. The van der Waals surface area contributed by atoms with Crippen LogP contribution in [0.5, 0.6) is 0 Å². The van der Waals surface area contributed by atoms with E-state index in [2.05, 4.69) is 4.99 Å². The molecular weight excluding hydrogens is 196 g/mol. The molecule has 0 bridgehead atoms. The van der Waals surface area contributed by atoms with E-state index < -0.39 is 0 Å². The van der Waals surface area contributed by atoms with Gasteiger partial charge in [-0.25, -0.2) is 0 Å². The highest BCUT2D eigenvalue weighted by atomic mass is 16.5. The van der Waals surface area contributed by atoms with Crippen LogP contribution in [-0.2, 0) is 4.74 Å². The number of nitrogens with one attached hydrogen (secondary N) is 1. The predicted octanol–water partition coefficient (Wildman–Crippen LogP) is -0.943. The first-order valence-electron chi connectivity index (χ1n) is 4.40. The van der Waals surface area contributed by atoms with Gasteiger partial charge in [0.15, 0.2) is 5.96 Å². The van der Waals surface area contributed by atoms with E-state index in [0.29, 0.717) is 26.1 Å². The number of nitriles is 1. The van der Waals surface area contributed by atoms with E-state index >= 15 is 0 Å². The second-order valence-electron chi connectivity index (χ2n) is 2.75. The van der Waals surface area contributed by atoms with Crippen LogP contribution in [0.25, 0.3) is 0 Å². The number of hydrogen-bond donors (Lipinski definition) is 3. The smallest absolute Gasteiger partial charge is 0.221 e. The molecule has 0 saturated heterocycles. The Balaban J connectivity index is 4.28. The Kier molecular flexibility index (Phi) is 6.67. The van der Waals surface area contributed by atoms with Gasteiger partial charge in [-0.05, 0) is 0 Å². The summed E-state index contributed by atoms with van der Waals surface area (Å²) in [7, 11) is 1.56. The van der Waals surface area contributed by atoms with Gasteiger partial charge in [-0.2, -0.15) is 10.3 Å². The molecule has 84 valence electrons. The van der Waals surface area contributed by atoms with Crippen LogP contribution in [-0.4, -0.2) is 43.6 Å². The first-order valence-corrected chi connectivity index (χ1v) is 4.40. The van der Waals surface area contributed by atoms with Crippen molar-refractivity contribution in [3.05, 3.63) is 0 Å². The van der Waals surface area contributed by atoms with Crippen LogP contribution in [0.2, 0.25) is 0 Å². The summed E-state index contributed by atoms with van der Waals surface area (Å²) in [5, 5.41) is 16.0. The molecule has 15 heavy (non-hydrogen) atoms. The maximum absolute atomic E-state index is 8.44. The van der Waals surface area contributed by atoms with Gasteiger partial charge in [-0.1, -0.05) is 0 Å².